The molecule has 0 saturated heterocycles. The van der Waals surface area contributed by atoms with Crippen molar-refractivity contribution in [3.8, 4) is 5.75 Å². The van der Waals surface area contributed by atoms with Crippen molar-refractivity contribution >= 4 is 21.9 Å². The molecule has 0 saturated carbocycles. The fourth-order valence-corrected chi connectivity index (χ4v) is 1.52. The molecule has 0 amide bonds. The first-order valence-electron chi connectivity index (χ1n) is 4.28. The van der Waals surface area contributed by atoms with Gasteiger partial charge in [0.15, 0.2) is 0 Å². The summed E-state index contributed by atoms with van der Waals surface area (Å²) in [5.41, 5.74) is 0.556. The summed E-state index contributed by atoms with van der Waals surface area (Å²) >= 11 is 3.03. The van der Waals surface area contributed by atoms with E-state index in [9.17, 15) is 9.18 Å². The number of hydrogen-bond acceptors (Lipinski definition) is 2. The minimum atomic E-state index is -0.916. The molecular formula is C10H10BrFO3. The molecule has 5 heteroatoms. The fourth-order valence-electron chi connectivity index (χ4n) is 1.20. The zero-order valence-corrected chi connectivity index (χ0v) is 9.67. The zero-order valence-electron chi connectivity index (χ0n) is 8.09. The van der Waals surface area contributed by atoms with Crippen LogP contribution in [0.3, 0.4) is 0 Å². The number of benzene rings is 1. The van der Waals surface area contributed by atoms with Crippen molar-refractivity contribution in [2.75, 3.05) is 7.11 Å². The lowest BCUT2D eigenvalue weighted by Gasteiger charge is -2.08. The standard InChI is InChI=1S/C10H10BrFO3/c1-15-9-5-7(11)8(12)4-6(9)2-3-10(13)14/h4-5H,2-3H2,1H3,(H,13,14). The molecule has 1 N–H and O–H groups in total. The summed E-state index contributed by atoms with van der Waals surface area (Å²) in [5.74, 6) is -0.846. The smallest absolute Gasteiger partial charge is 0.303 e. The number of hydrogen-bond donors (Lipinski definition) is 1. The van der Waals surface area contributed by atoms with Crippen LogP contribution in [-0.2, 0) is 11.2 Å². The van der Waals surface area contributed by atoms with Crippen LogP contribution in [0.1, 0.15) is 12.0 Å². The summed E-state index contributed by atoms with van der Waals surface area (Å²) in [6.07, 6.45) is 0.208. The van der Waals surface area contributed by atoms with Gasteiger partial charge in [0.1, 0.15) is 11.6 Å². The lowest BCUT2D eigenvalue weighted by atomic mass is 10.1. The first kappa shape index (κ1) is 12.0. The van der Waals surface area contributed by atoms with Gasteiger partial charge in [0.2, 0.25) is 0 Å². The minimum absolute atomic E-state index is 0.0442. The second-order valence-electron chi connectivity index (χ2n) is 2.97. The van der Waals surface area contributed by atoms with Crippen LogP contribution in [0.2, 0.25) is 0 Å². The molecule has 1 aromatic carbocycles. The summed E-state index contributed by atoms with van der Waals surface area (Å²) in [6.45, 7) is 0. The average Bonchev–Trinajstić information content (AvgIpc) is 2.19. The van der Waals surface area contributed by atoms with Gasteiger partial charge in [-0.3, -0.25) is 4.79 Å². The molecule has 0 radical (unpaired) electrons. The Morgan fingerprint density at radius 2 is 2.27 bits per heavy atom. The maximum absolute atomic E-state index is 13.2. The molecule has 0 heterocycles. The van der Waals surface area contributed by atoms with Crippen molar-refractivity contribution in [1.29, 1.82) is 0 Å². The molecule has 0 atom stereocenters. The summed E-state index contributed by atoms with van der Waals surface area (Å²) in [5, 5.41) is 8.52. The van der Waals surface area contributed by atoms with Crippen LogP contribution in [0.25, 0.3) is 0 Å². The number of carboxylic acid groups (broad SMARTS) is 1. The van der Waals surface area contributed by atoms with Crippen molar-refractivity contribution in [2.45, 2.75) is 12.8 Å². The highest BCUT2D eigenvalue weighted by Crippen LogP contribution is 2.27. The lowest BCUT2D eigenvalue weighted by molar-refractivity contribution is -0.136. The van der Waals surface area contributed by atoms with Crippen molar-refractivity contribution < 1.29 is 19.0 Å². The molecule has 82 valence electrons. The number of methoxy groups -OCH3 is 1. The second-order valence-corrected chi connectivity index (χ2v) is 3.83. The molecule has 0 aliphatic carbocycles. The Kier molecular flexibility index (Phi) is 4.08. The third kappa shape index (κ3) is 3.20. The van der Waals surface area contributed by atoms with Crippen LogP contribution in [0.4, 0.5) is 4.39 Å². The van der Waals surface area contributed by atoms with E-state index < -0.39 is 11.8 Å². The molecule has 1 aromatic rings. The lowest BCUT2D eigenvalue weighted by Crippen LogP contribution is -2.00. The van der Waals surface area contributed by atoms with Gasteiger partial charge in [0.05, 0.1) is 11.6 Å². The Balaban J connectivity index is 2.94. The van der Waals surface area contributed by atoms with Gasteiger partial charge in [-0.2, -0.15) is 0 Å². The van der Waals surface area contributed by atoms with Gasteiger partial charge in [-0.25, -0.2) is 4.39 Å². The van der Waals surface area contributed by atoms with Crippen LogP contribution >= 0.6 is 15.9 Å². The van der Waals surface area contributed by atoms with Crippen molar-refractivity contribution in [1.82, 2.24) is 0 Å². The van der Waals surface area contributed by atoms with Crippen LogP contribution in [-0.4, -0.2) is 18.2 Å². The molecule has 1 rings (SSSR count). The maximum Gasteiger partial charge on any atom is 0.303 e. The summed E-state index contributed by atoms with van der Waals surface area (Å²) < 4.78 is 18.5. The summed E-state index contributed by atoms with van der Waals surface area (Å²) in [6, 6.07) is 2.78. The fraction of sp³-hybridized carbons (Fsp3) is 0.300. The van der Waals surface area contributed by atoms with Gasteiger partial charge in [0.25, 0.3) is 0 Å². The van der Waals surface area contributed by atoms with E-state index in [0.29, 0.717) is 15.8 Å². The molecule has 0 aromatic heterocycles. The van der Waals surface area contributed by atoms with E-state index in [1.165, 1.54) is 19.2 Å². The highest BCUT2D eigenvalue weighted by Gasteiger charge is 2.10. The maximum atomic E-state index is 13.2. The zero-order chi connectivity index (χ0) is 11.4. The molecule has 0 spiro atoms. The number of ether oxygens (including phenoxy) is 1. The Morgan fingerprint density at radius 1 is 1.60 bits per heavy atom. The second kappa shape index (κ2) is 5.11. The quantitative estimate of drug-likeness (QED) is 0.920. The molecule has 3 nitrogen and oxygen atoms in total. The monoisotopic (exact) mass is 276 g/mol. The largest absolute Gasteiger partial charge is 0.496 e. The Hall–Kier alpha value is -1.10. The van der Waals surface area contributed by atoms with Gasteiger partial charge in [-0.1, -0.05) is 0 Å². The van der Waals surface area contributed by atoms with Crippen LogP contribution in [0.5, 0.6) is 5.75 Å². The predicted molar refractivity (Wildman–Crippen MR) is 56.6 cm³/mol. The predicted octanol–water partition coefficient (Wildman–Crippen LogP) is 2.61. The van der Waals surface area contributed by atoms with Gasteiger partial charge < -0.3 is 9.84 Å². The molecule has 0 aliphatic rings. The van der Waals surface area contributed by atoms with E-state index in [1.54, 1.807) is 0 Å². The van der Waals surface area contributed by atoms with E-state index in [2.05, 4.69) is 15.9 Å². The van der Waals surface area contributed by atoms with Crippen molar-refractivity contribution in [2.24, 2.45) is 0 Å². The molecular weight excluding hydrogens is 267 g/mol. The SMILES string of the molecule is COc1cc(Br)c(F)cc1CCC(=O)O. The van der Waals surface area contributed by atoms with Crippen molar-refractivity contribution in [3.63, 3.8) is 0 Å². The van der Waals surface area contributed by atoms with E-state index in [-0.39, 0.29) is 12.8 Å². The first-order chi connectivity index (χ1) is 7.04. The Bertz CT molecular complexity index is 379. The molecule has 0 bridgehead atoms. The third-order valence-corrected chi connectivity index (χ3v) is 2.54. The number of rotatable bonds is 4. The van der Waals surface area contributed by atoms with Crippen LogP contribution in [0, 0.1) is 5.82 Å². The van der Waals surface area contributed by atoms with Gasteiger partial charge in [-0.15, -0.1) is 0 Å². The number of aliphatic carboxylic acids is 1. The van der Waals surface area contributed by atoms with E-state index in [1.807, 2.05) is 0 Å². The Labute approximate surface area is 95.0 Å². The molecule has 0 aliphatic heterocycles. The van der Waals surface area contributed by atoms with Crippen molar-refractivity contribution in [3.05, 3.63) is 28.0 Å². The number of halogens is 2. The van der Waals surface area contributed by atoms with Gasteiger partial charge in [0, 0.05) is 6.42 Å². The van der Waals surface area contributed by atoms with Gasteiger partial charge in [-0.05, 0) is 40.0 Å². The van der Waals surface area contributed by atoms with E-state index in [4.69, 9.17) is 9.84 Å². The minimum Gasteiger partial charge on any atom is -0.496 e. The number of aryl methyl sites for hydroxylation is 1. The number of carbonyl (C=O) groups is 1. The van der Waals surface area contributed by atoms with E-state index >= 15 is 0 Å². The average molecular weight is 277 g/mol. The molecule has 15 heavy (non-hydrogen) atoms. The van der Waals surface area contributed by atoms with E-state index in [0.717, 1.165) is 0 Å². The van der Waals surface area contributed by atoms with Gasteiger partial charge >= 0.3 is 5.97 Å². The number of carboxylic acids is 1. The Morgan fingerprint density at radius 3 is 2.80 bits per heavy atom. The highest BCUT2D eigenvalue weighted by atomic mass is 79.9. The molecule has 0 fully saturated rings. The normalized spacial score (nSPS) is 10.1. The summed E-state index contributed by atoms with van der Waals surface area (Å²) in [7, 11) is 1.46. The topological polar surface area (TPSA) is 46.5 Å². The van der Waals surface area contributed by atoms with Crippen LogP contribution < -0.4 is 4.74 Å². The molecule has 0 unspecified atom stereocenters. The highest BCUT2D eigenvalue weighted by molar-refractivity contribution is 9.10. The summed E-state index contributed by atoms with van der Waals surface area (Å²) in [4.78, 5) is 10.4. The third-order valence-electron chi connectivity index (χ3n) is 1.93. The van der Waals surface area contributed by atoms with Crippen LogP contribution in [0.15, 0.2) is 16.6 Å². The first-order valence-corrected chi connectivity index (χ1v) is 5.07.